The van der Waals surface area contributed by atoms with E-state index >= 15 is 0 Å². The third-order valence-electron chi connectivity index (χ3n) is 3.18. The molecule has 22 heavy (non-hydrogen) atoms. The fourth-order valence-corrected chi connectivity index (χ4v) is 2.98. The Kier molecular flexibility index (Phi) is 5.38. The summed E-state index contributed by atoms with van der Waals surface area (Å²) in [5, 5.41) is 5.66. The Bertz CT molecular complexity index is 640. The second-order valence-corrected chi connectivity index (χ2v) is 6.29. The number of benzene rings is 1. The molecule has 1 saturated heterocycles. The highest BCUT2D eigenvalue weighted by atomic mass is 32.2. The number of amides is 2. The lowest BCUT2D eigenvalue weighted by Crippen LogP contribution is -2.28. The molecule has 0 aliphatic carbocycles. The van der Waals surface area contributed by atoms with E-state index in [0.717, 1.165) is 16.8 Å². The van der Waals surface area contributed by atoms with Gasteiger partial charge in [-0.25, -0.2) is 0 Å². The van der Waals surface area contributed by atoms with Crippen LogP contribution in [0.15, 0.2) is 35.8 Å². The minimum atomic E-state index is -0.436. The van der Waals surface area contributed by atoms with Gasteiger partial charge in [0, 0.05) is 12.1 Å². The number of carbonyl (C=O) groups excluding carboxylic acids is 2. The number of thioether (sulfide) groups is 1. The van der Waals surface area contributed by atoms with Crippen molar-refractivity contribution in [1.29, 1.82) is 0 Å². The van der Waals surface area contributed by atoms with Gasteiger partial charge >= 0.3 is 0 Å². The lowest BCUT2D eigenvalue weighted by Gasteiger charge is -2.10. The SMILES string of the molecule is C=CCN=C1NC(=O)[C@H](CC(=O)Nc2cc(C)ccc2C)S1. The molecule has 2 rings (SSSR count). The lowest BCUT2D eigenvalue weighted by atomic mass is 10.1. The summed E-state index contributed by atoms with van der Waals surface area (Å²) < 4.78 is 0. The second-order valence-electron chi connectivity index (χ2n) is 5.10. The van der Waals surface area contributed by atoms with E-state index in [9.17, 15) is 9.59 Å². The molecule has 5 nitrogen and oxygen atoms in total. The molecule has 116 valence electrons. The molecule has 0 spiro atoms. The molecule has 6 heteroatoms. The minimum absolute atomic E-state index is 0.122. The Balaban J connectivity index is 1.96. The van der Waals surface area contributed by atoms with Gasteiger partial charge in [0.2, 0.25) is 11.8 Å². The first-order chi connectivity index (χ1) is 10.5. The van der Waals surface area contributed by atoms with Crippen LogP contribution in [0.3, 0.4) is 0 Å². The number of nitrogens with zero attached hydrogens (tertiary/aromatic N) is 1. The van der Waals surface area contributed by atoms with Crippen molar-refractivity contribution in [2.45, 2.75) is 25.5 Å². The first kappa shape index (κ1) is 16.3. The van der Waals surface area contributed by atoms with Gasteiger partial charge in [0.1, 0.15) is 5.25 Å². The molecule has 1 aliphatic rings. The number of carbonyl (C=O) groups is 2. The number of hydrogen-bond acceptors (Lipinski definition) is 4. The van der Waals surface area contributed by atoms with Gasteiger partial charge in [0.25, 0.3) is 0 Å². The fourth-order valence-electron chi connectivity index (χ4n) is 2.00. The topological polar surface area (TPSA) is 70.6 Å². The first-order valence-corrected chi connectivity index (χ1v) is 7.87. The normalized spacial score (nSPS) is 19.1. The van der Waals surface area contributed by atoms with Crippen LogP contribution in [0, 0.1) is 13.8 Å². The number of aryl methyl sites for hydroxylation is 2. The van der Waals surface area contributed by atoms with Crippen molar-refractivity contribution in [3.05, 3.63) is 42.0 Å². The van der Waals surface area contributed by atoms with Crippen molar-refractivity contribution in [1.82, 2.24) is 5.32 Å². The van der Waals surface area contributed by atoms with Gasteiger partial charge in [-0.15, -0.1) is 6.58 Å². The smallest absolute Gasteiger partial charge is 0.240 e. The van der Waals surface area contributed by atoms with Crippen LogP contribution >= 0.6 is 11.8 Å². The Hall–Kier alpha value is -2.08. The zero-order chi connectivity index (χ0) is 16.1. The molecular weight excluding hydrogens is 298 g/mol. The van der Waals surface area contributed by atoms with Crippen LogP contribution in [0.25, 0.3) is 0 Å². The van der Waals surface area contributed by atoms with Crippen molar-refractivity contribution in [2.75, 3.05) is 11.9 Å². The highest BCUT2D eigenvalue weighted by molar-refractivity contribution is 8.15. The Morgan fingerprint density at radius 2 is 2.27 bits per heavy atom. The Morgan fingerprint density at radius 3 is 3.00 bits per heavy atom. The summed E-state index contributed by atoms with van der Waals surface area (Å²) in [6.45, 7) is 7.93. The molecule has 0 aromatic heterocycles. The molecule has 0 unspecified atom stereocenters. The van der Waals surface area contributed by atoms with E-state index < -0.39 is 5.25 Å². The largest absolute Gasteiger partial charge is 0.326 e. The summed E-state index contributed by atoms with van der Waals surface area (Å²) in [5.74, 6) is -0.352. The maximum Gasteiger partial charge on any atom is 0.240 e. The van der Waals surface area contributed by atoms with Gasteiger partial charge in [0.15, 0.2) is 5.17 Å². The number of rotatable bonds is 5. The zero-order valence-corrected chi connectivity index (χ0v) is 13.5. The van der Waals surface area contributed by atoms with Crippen molar-refractivity contribution >= 4 is 34.4 Å². The molecule has 0 radical (unpaired) electrons. The molecule has 1 aromatic rings. The summed E-state index contributed by atoms with van der Waals surface area (Å²) in [7, 11) is 0. The van der Waals surface area contributed by atoms with Crippen molar-refractivity contribution in [3.63, 3.8) is 0 Å². The summed E-state index contributed by atoms with van der Waals surface area (Å²) in [4.78, 5) is 28.1. The van der Waals surface area contributed by atoms with Crippen LogP contribution in [-0.4, -0.2) is 28.8 Å². The third kappa shape index (κ3) is 4.21. The predicted molar refractivity (Wildman–Crippen MR) is 91.2 cm³/mol. The van der Waals surface area contributed by atoms with Crippen LogP contribution in [0.5, 0.6) is 0 Å². The summed E-state index contributed by atoms with van der Waals surface area (Å²) >= 11 is 1.29. The van der Waals surface area contributed by atoms with Gasteiger partial charge in [-0.2, -0.15) is 0 Å². The van der Waals surface area contributed by atoms with Crippen molar-refractivity contribution in [2.24, 2.45) is 4.99 Å². The van der Waals surface area contributed by atoms with E-state index in [1.807, 2.05) is 32.0 Å². The standard InChI is InChI=1S/C16H19N3O2S/c1-4-7-17-16-19-15(21)13(22-16)9-14(20)18-12-8-10(2)5-6-11(12)3/h4-6,8,13H,1,7,9H2,2-3H3,(H,18,20)(H,17,19,21)/t13-/m0/s1. The van der Waals surface area contributed by atoms with Crippen LogP contribution < -0.4 is 10.6 Å². The quantitative estimate of drug-likeness (QED) is 0.819. The summed E-state index contributed by atoms with van der Waals surface area (Å²) in [6, 6.07) is 5.88. The monoisotopic (exact) mass is 317 g/mol. The molecule has 2 N–H and O–H groups in total. The molecule has 1 atom stereocenters. The number of amidine groups is 1. The zero-order valence-electron chi connectivity index (χ0n) is 12.7. The van der Waals surface area contributed by atoms with Crippen LogP contribution in [0.1, 0.15) is 17.5 Å². The first-order valence-electron chi connectivity index (χ1n) is 6.99. The summed E-state index contributed by atoms with van der Waals surface area (Å²) in [6.07, 6.45) is 1.78. The van der Waals surface area contributed by atoms with Crippen LogP contribution in [0.2, 0.25) is 0 Å². The van der Waals surface area contributed by atoms with Gasteiger partial charge in [-0.3, -0.25) is 14.6 Å². The van der Waals surface area contributed by atoms with Crippen LogP contribution in [-0.2, 0) is 9.59 Å². The number of anilines is 1. The van der Waals surface area contributed by atoms with E-state index in [1.165, 1.54) is 11.8 Å². The van der Waals surface area contributed by atoms with Gasteiger partial charge in [-0.1, -0.05) is 30.0 Å². The predicted octanol–water partition coefficient (Wildman–Crippen LogP) is 2.41. The molecule has 0 bridgehead atoms. The summed E-state index contributed by atoms with van der Waals surface area (Å²) in [5.41, 5.74) is 2.86. The Labute approximate surface area is 134 Å². The highest BCUT2D eigenvalue weighted by Crippen LogP contribution is 2.23. The van der Waals surface area contributed by atoms with E-state index in [1.54, 1.807) is 6.08 Å². The molecular formula is C16H19N3O2S. The third-order valence-corrected chi connectivity index (χ3v) is 4.30. The van der Waals surface area contributed by atoms with Gasteiger partial charge < -0.3 is 10.6 Å². The number of aliphatic imine (C=N–C) groups is 1. The van der Waals surface area contributed by atoms with Crippen LogP contribution in [0.4, 0.5) is 5.69 Å². The molecule has 1 aromatic carbocycles. The lowest BCUT2D eigenvalue weighted by molar-refractivity contribution is -0.122. The average molecular weight is 317 g/mol. The maximum atomic E-state index is 12.1. The number of nitrogens with one attached hydrogen (secondary N) is 2. The van der Waals surface area contributed by atoms with E-state index in [0.29, 0.717) is 11.7 Å². The van der Waals surface area contributed by atoms with Gasteiger partial charge in [0.05, 0.1) is 6.54 Å². The van der Waals surface area contributed by atoms with E-state index in [-0.39, 0.29) is 18.2 Å². The molecule has 2 amide bonds. The van der Waals surface area contributed by atoms with Crippen molar-refractivity contribution in [3.8, 4) is 0 Å². The highest BCUT2D eigenvalue weighted by Gasteiger charge is 2.31. The molecule has 1 aliphatic heterocycles. The molecule has 1 fully saturated rings. The maximum absolute atomic E-state index is 12.1. The van der Waals surface area contributed by atoms with E-state index in [2.05, 4.69) is 22.2 Å². The minimum Gasteiger partial charge on any atom is -0.326 e. The number of hydrogen-bond donors (Lipinski definition) is 2. The second kappa shape index (κ2) is 7.26. The Morgan fingerprint density at radius 1 is 1.50 bits per heavy atom. The fraction of sp³-hybridized carbons (Fsp3) is 0.312. The molecule has 1 heterocycles. The van der Waals surface area contributed by atoms with E-state index in [4.69, 9.17) is 0 Å². The van der Waals surface area contributed by atoms with Gasteiger partial charge in [-0.05, 0) is 31.0 Å². The average Bonchev–Trinajstić information content (AvgIpc) is 2.81. The molecule has 0 saturated carbocycles. The van der Waals surface area contributed by atoms with Crippen molar-refractivity contribution < 1.29 is 9.59 Å².